The number of nitrogens with zero attached hydrogens (tertiary/aromatic N) is 2. The molecule has 0 saturated heterocycles. The van der Waals surface area contributed by atoms with Gasteiger partial charge in [0.15, 0.2) is 5.82 Å². The van der Waals surface area contributed by atoms with Crippen LogP contribution in [0.5, 0.6) is 0 Å². The fourth-order valence-electron chi connectivity index (χ4n) is 1.15. The molecular formula is C10H13FN2O2. The van der Waals surface area contributed by atoms with Crippen molar-refractivity contribution in [2.75, 3.05) is 0 Å². The fraction of sp³-hybridized carbons (Fsp3) is 0.500. The van der Waals surface area contributed by atoms with E-state index in [-0.39, 0.29) is 17.9 Å². The predicted molar refractivity (Wildman–Crippen MR) is 52.0 cm³/mol. The lowest BCUT2D eigenvalue weighted by Crippen LogP contribution is -2.19. The van der Waals surface area contributed by atoms with Gasteiger partial charge in [-0.2, -0.15) is 0 Å². The average molecular weight is 212 g/mol. The molecule has 0 unspecified atom stereocenters. The Bertz CT molecular complexity index is 385. The van der Waals surface area contributed by atoms with Crippen LogP contribution in [0.25, 0.3) is 0 Å². The van der Waals surface area contributed by atoms with Gasteiger partial charge in [-0.1, -0.05) is 20.8 Å². The van der Waals surface area contributed by atoms with Gasteiger partial charge in [-0.25, -0.2) is 14.4 Å². The highest BCUT2D eigenvalue weighted by Gasteiger charge is 2.21. The van der Waals surface area contributed by atoms with Crippen LogP contribution in [0.15, 0.2) is 6.20 Å². The van der Waals surface area contributed by atoms with Crippen LogP contribution in [0.1, 0.15) is 32.3 Å². The van der Waals surface area contributed by atoms with Crippen molar-refractivity contribution in [3.05, 3.63) is 23.5 Å². The molecular weight excluding hydrogens is 199 g/mol. The van der Waals surface area contributed by atoms with E-state index in [9.17, 15) is 9.18 Å². The molecule has 1 heterocycles. The first-order valence-electron chi connectivity index (χ1n) is 4.54. The molecule has 15 heavy (non-hydrogen) atoms. The second kappa shape index (κ2) is 3.92. The SMILES string of the molecule is CC(C)(C)c1nc(CC(=O)O)ncc1F. The minimum Gasteiger partial charge on any atom is -0.481 e. The van der Waals surface area contributed by atoms with Crippen molar-refractivity contribution >= 4 is 5.97 Å². The summed E-state index contributed by atoms with van der Waals surface area (Å²) in [5, 5.41) is 8.56. The van der Waals surface area contributed by atoms with Gasteiger partial charge in [0.05, 0.1) is 11.9 Å². The molecule has 1 rings (SSSR count). The Labute approximate surface area is 87.2 Å². The smallest absolute Gasteiger partial charge is 0.311 e. The molecule has 0 amide bonds. The lowest BCUT2D eigenvalue weighted by Gasteiger charge is -2.18. The Balaban J connectivity index is 3.11. The van der Waals surface area contributed by atoms with E-state index < -0.39 is 17.2 Å². The number of halogens is 1. The van der Waals surface area contributed by atoms with Crippen LogP contribution in [-0.4, -0.2) is 21.0 Å². The molecule has 0 fully saturated rings. The number of aromatic nitrogens is 2. The molecule has 0 atom stereocenters. The van der Waals surface area contributed by atoms with E-state index in [4.69, 9.17) is 5.11 Å². The molecule has 0 spiro atoms. The van der Waals surface area contributed by atoms with Gasteiger partial charge in [-0.15, -0.1) is 0 Å². The van der Waals surface area contributed by atoms with Crippen LogP contribution in [0.3, 0.4) is 0 Å². The number of carbonyl (C=O) groups is 1. The first kappa shape index (κ1) is 11.6. The monoisotopic (exact) mass is 212 g/mol. The van der Waals surface area contributed by atoms with Crippen molar-refractivity contribution in [3.8, 4) is 0 Å². The lowest BCUT2D eigenvalue weighted by molar-refractivity contribution is -0.136. The first-order valence-corrected chi connectivity index (χ1v) is 4.54. The molecule has 0 bridgehead atoms. The third-order valence-electron chi connectivity index (χ3n) is 1.81. The zero-order valence-corrected chi connectivity index (χ0v) is 8.91. The third kappa shape index (κ3) is 2.97. The lowest BCUT2D eigenvalue weighted by atomic mass is 9.91. The molecule has 0 aliphatic heterocycles. The summed E-state index contributed by atoms with van der Waals surface area (Å²) in [5.41, 5.74) is -0.214. The van der Waals surface area contributed by atoms with Crippen molar-refractivity contribution in [1.29, 1.82) is 0 Å². The van der Waals surface area contributed by atoms with Gasteiger partial charge >= 0.3 is 5.97 Å². The summed E-state index contributed by atoms with van der Waals surface area (Å²) >= 11 is 0. The van der Waals surface area contributed by atoms with E-state index in [1.54, 1.807) is 0 Å². The number of hydrogen-bond acceptors (Lipinski definition) is 3. The summed E-state index contributed by atoms with van der Waals surface area (Å²) in [6.07, 6.45) is 0.731. The van der Waals surface area contributed by atoms with Crippen molar-refractivity contribution in [1.82, 2.24) is 9.97 Å². The number of carboxylic acids is 1. The zero-order valence-electron chi connectivity index (χ0n) is 8.91. The van der Waals surface area contributed by atoms with Gasteiger partial charge in [0.2, 0.25) is 0 Å². The van der Waals surface area contributed by atoms with Gasteiger partial charge in [0.1, 0.15) is 12.2 Å². The third-order valence-corrected chi connectivity index (χ3v) is 1.81. The summed E-state index contributed by atoms with van der Waals surface area (Å²) in [7, 11) is 0. The molecule has 0 saturated carbocycles. The van der Waals surface area contributed by atoms with Gasteiger partial charge in [-0.3, -0.25) is 4.79 Å². The maximum absolute atomic E-state index is 13.3. The van der Waals surface area contributed by atoms with Crippen molar-refractivity contribution in [3.63, 3.8) is 0 Å². The fourth-order valence-corrected chi connectivity index (χ4v) is 1.15. The molecule has 0 radical (unpaired) electrons. The van der Waals surface area contributed by atoms with Crippen molar-refractivity contribution < 1.29 is 14.3 Å². The van der Waals surface area contributed by atoms with Crippen LogP contribution in [0.4, 0.5) is 4.39 Å². The van der Waals surface area contributed by atoms with Crippen molar-refractivity contribution in [2.24, 2.45) is 0 Å². The van der Waals surface area contributed by atoms with Crippen LogP contribution < -0.4 is 0 Å². The Morgan fingerprint density at radius 1 is 1.53 bits per heavy atom. The minimum absolute atomic E-state index is 0.133. The Morgan fingerprint density at radius 2 is 2.13 bits per heavy atom. The van der Waals surface area contributed by atoms with Gasteiger partial charge in [0.25, 0.3) is 0 Å². The van der Waals surface area contributed by atoms with Gasteiger partial charge < -0.3 is 5.11 Å². The highest BCUT2D eigenvalue weighted by atomic mass is 19.1. The molecule has 4 nitrogen and oxygen atoms in total. The summed E-state index contributed by atoms with van der Waals surface area (Å²) < 4.78 is 13.3. The first-order chi connectivity index (χ1) is 6.80. The molecule has 1 aromatic rings. The van der Waals surface area contributed by atoms with E-state index in [1.807, 2.05) is 20.8 Å². The number of hydrogen-bond donors (Lipinski definition) is 1. The summed E-state index contributed by atoms with van der Waals surface area (Å²) in [5.74, 6) is -1.40. The molecule has 1 N–H and O–H groups in total. The summed E-state index contributed by atoms with van der Waals surface area (Å²) in [6, 6.07) is 0. The largest absolute Gasteiger partial charge is 0.481 e. The van der Waals surface area contributed by atoms with E-state index >= 15 is 0 Å². The quantitative estimate of drug-likeness (QED) is 0.807. The highest BCUT2D eigenvalue weighted by Crippen LogP contribution is 2.22. The standard InChI is InChI=1S/C10H13FN2O2/c1-10(2,3)9-6(11)5-12-7(13-9)4-8(14)15/h5H,4H2,1-3H3,(H,14,15). The zero-order chi connectivity index (χ0) is 11.6. The maximum Gasteiger partial charge on any atom is 0.311 e. The normalized spacial score (nSPS) is 11.5. The van der Waals surface area contributed by atoms with Crippen LogP contribution in [0.2, 0.25) is 0 Å². The molecule has 1 aromatic heterocycles. The number of aliphatic carboxylic acids is 1. The number of rotatable bonds is 2. The Morgan fingerprint density at radius 3 is 2.60 bits per heavy atom. The molecule has 0 aromatic carbocycles. The van der Waals surface area contributed by atoms with Gasteiger partial charge in [0, 0.05) is 5.41 Å². The predicted octanol–water partition coefficient (Wildman–Crippen LogP) is 1.54. The minimum atomic E-state index is -1.03. The molecule has 0 aliphatic carbocycles. The van der Waals surface area contributed by atoms with E-state index in [0.29, 0.717) is 0 Å². The van der Waals surface area contributed by atoms with Crippen LogP contribution >= 0.6 is 0 Å². The average Bonchev–Trinajstić information content (AvgIpc) is 2.05. The highest BCUT2D eigenvalue weighted by molar-refractivity contribution is 5.68. The van der Waals surface area contributed by atoms with E-state index in [1.165, 1.54) is 0 Å². The van der Waals surface area contributed by atoms with Crippen molar-refractivity contribution in [2.45, 2.75) is 32.6 Å². The summed E-state index contributed by atoms with van der Waals surface area (Å²) in [4.78, 5) is 18.0. The Kier molecular flexibility index (Phi) is 3.02. The summed E-state index contributed by atoms with van der Waals surface area (Å²) in [6.45, 7) is 5.43. The van der Waals surface area contributed by atoms with Crippen LogP contribution in [0, 0.1) is 5.82 Å². The number of carboxylic acid groups (broad SMARTS) is 1. The van der Waals surface area contributed by atoms with Gasteiger partial charge in [-0.05, 0) is 0 Å². The maximum atomic E-state index is 13.3. The second-order valence-corrected chi connectivity index (χ2v) is 4.30. The Hall–Kier alpha value is -1.52. The van der Waals surface area contributed by atoms with E-state index in [2.05, 4.69) is 9.97 Å². The second-order valence-electron chi connectivity index (χ2n) is 4.30. The molecule has 82 valence electrons. The molecule has 0 aliphatic rings. The molecule has 5 heteroatoms. The van der Waals surface area contributed by atoms with Crippen LogP contribution in [-0.2, 0) is 16.6 Å². The topological polar surface area (TPSA) is 63.1 Å². The van der Waals surface area contributed by atoms with E-state index in [0.717, 1.165) is 6.20 Å².